The molecular weight excluding hydrogens is 310 g/mol. The molecular formula is C15H14F2N2O4. The summed E-state index contributed by atoms with van der Waals surface area (Å²) in [7, 11) is 2.73. The fourth-order valence-corrected chi connectivity index (χ4v) is 1.99. The summed E-state index contributed by atoms with van der Waals surface area (Å²) in [5.41, 5.74) is 0.163. The lowest BCUT2D eigenvalue weighted by atomic mass is 10.1. The Kier molecular flexibility index (Phi) is 4.63. The van der Waals surface area contributed by atoms with E-state index in [4.69, 9.17) is 5.11 Å². The molecule has 1 aromatic carbocycles. The van der Waals surface area contributed by atoms with Crippen LogP contribution in [0.15, 0.2) is 30.0 Å². The van der Waals surface area contributed by atoms with Crippen molar-refractivity contribution in [1.82, 2.24) is 10.2 Å². The summed E-state index contributed by atoms with van der Waals surface area (Å²) in [5.74, 6) is -4.32. The first-order valence-corrected chi connectivity index (χ1v) is 6.53. The molecule has 0 saturated carbocycles. The van der Waals surface area contributed by atoms with Gasteiger partial charge < -0.3 is 20.1 Å². The zero-order valence-electron chi connectivity index (χ0n) is 12.3. The van der Waals surface area contributed by atoms with Crippen molar-refractivity contribution in [2.75, 3.05) is 14.2 Å². The molecule has 2 rings (SSSR count). The Balaban J connectivity index is 2.25. The van der Waals surface area contributed by atoms with E-state index in [2.05, 4.69) is 10.1 Å². The van der Waals surface area contributed by atoms with Crippen molar-refractivity contribution < 1.29 is 28.2 Å². The Morgan fingerprint density at radius 3 is 2.57 bits per heavy atom. The Morgan fingerprint density at radius 2 is 2.00 bits per heavy atom. The molecule has 0 radical (unpaired) electrons. The van der Waals surface area contributed by atoms with Crippen LogP contribution >= 0.6 is 0 Å². The van der Waals surface area contributed by atoms with Crippen molar-refractivity contribution in [1.29, 1.82) is 0 Å². The van der Waals surface area contributed by atoms with E-state index in [1.807, 2.05) is 0 Å². The first-order valence-electron chi connectivity index (χ1n) is 6.53. The van der Waals surface area contributed by atoms with Gasteiger partial charge in [-0.2, -0.15) is 0 Å². The monoisotopic (exact) mass is 324 g/mol. The van der Waals surface area contributed by atoms with Gasteiger partial charge in [-0.3, -0.25) is 4.79 Å². The molecule has 1 aliphatic heterocycles. The van der Waals surface area contributed by atoms with Crippen molar-refractivity contribution in [3.63, 3.8) is 0 Å². The average molecular weight is 324 g/mol. The van der Waals surface area contributed by atoms with Crippen LogP contribution in [-0.4, -0.2) is 42.2 Å². The number of carbonyl (C=O) groups excluding carboxylic acids is 2. The fourth-order valence-electron chi connectivity index (χ4n) is 1.99. The lowest BCUT2D eigenvalue weighted by Crippen LogP contribution is -2.32. The number of hydrogen-bond donors (Lipinski definition) is 2. The number of likely N-dealkylation sites (N-methyl/N-ethyl adjacent to an activating group) is 1. The number of carbonyl (C=O) groups is 2. The minimum absolute atomic E-state index is 0.0691. The van der Waals surface area contributed by atoms with Crippen LogP contribution in [0.4, 0.5) is 8.78 Å². The van der Waals surface area contributed by atoms with Crippen molar-refractivity contribution in [3.05, 3.63) is 47.2 Å². The second kappa shape index (κ2) is 6.47. The van der Waals surface area contributed by atoms with Gasteiger partial charge in [0.25, 0.3) is 5.91 Å². The van der Waals surface area contributed by atoms with Crippen LogP contribution in [0, 0.1) is 11.6 Å². The molecule has 1 saturated heterocycles. The highest BCUT2D eigenvalue weighted by atomic mass is 19.1. The van der Waals surface area contributed by atoms with Crippen molar-refractivity contribution in [3.8, 4) is 5.75 Å². The van der Waals surface area contributed by atoms with E-state index >= 15 is 0 Å². The van der Waals surface area contributed by atoms with E-state index in [9.17, 15) is 18.4 Å². The number of aromatic hydroxyl groups is 1. The molecule has 1 atom stereocenters. The number of halogens is 2. The van der Waals surface area contributed by atoms with Gasteiger partial charge in [-0.1, -0.05) is 0 Å². The smallest absolute Gasteiger partial charge is 0.330 e. The Bertz CT molecular complexity index is 692. The van der Waals surface area contributed by atoms with Gasteiger partial charge in [0, 0.05) is 13.1 Å². The van der Waals surface area contributed by atoms with Crippen molar-refractivity contribution >= 4 is 18.0 Å². The van der Waals surface area contributed by atoms with Crippen LogP contribution < -0.4 is 5.32 Å². The number of methoxy groups -OCH3 is 1. The Labute approximate surface area is 130 Å². The SMILES string of the molecule is COC(=O)/C=C/C1N/C(=C\c2cc(F)c(O)c(F)c2)C(=O)N1C. The summed E-state index contributed by atoms with van der Waals surface area (Å²) >= 11 is 0. The van der Waals surface area contributed by atoms with Crippen molar-refractivity contribution in [2.24, 2.45) is 0 Å². The van der Waals surface area contributed by atoms with E-state index in [-0.39, 0.29) is 11.3 Å². The highest BCUT2D eigenvalue weighted by Crippen LogP contribution is 2.23. The molecule has 23 heavy (non-hydrogen) atoms. The van der Waals surface area contributed by atoms with E-state index in [0.717, 1.165) is 18.2 Å². The number of nitrogens with one attached hydrogen (secondary N) is 1. The topological polar surface area (TPSA) is 78.9 Å². The molecule has 122 valence electrons. The minimum Gasteiger partial charge on any atom is -0.503 e. The molecule has 8 heteroatoms. The van der Waals surface area contributed by atoms with Crippen LogP contribution in [0.25, 0.3) is 6.08 Å². The molecule has 1 fully saturated rings. The van der Waals surface area contributed by atoms with Crippen LogP contribution in [0.1, 0.15) is 5.56 Å². The van der Waals surface area contributed by atoms with E-state index in [1.54, 1.807) is 0 Å². The summed E-state index contributed by atoms with van der Waals surface area (Å²) in [6, 6.07) is 1.80. The number of phenols is 1. The van der Waals surface area contributed by atoms with E-state index in [0.29, 0.717) is 0 Å². The van der Waals surface area contributed by atoms with Gasteiger partial charge in [0.1, 0.15) is 11.9 Å². The summed E-state index contributed by atoms with van der Waals surface area (Å²) in [4.78, 5) is 24.5. The van der Waals surface area contributed by atoms with Gasteiger partial charge in [-0.25, -0.2) is 13.6 Å². The molecule has 0 spiro atoms. The molecule has 1 amide bonds. The standard InChI is InChI=1S/C15H14F2N2O4/c1-19-12(3-4-13(20)23-2)18-11(15(19)22)7-8-5-9(16)14(21)10(17)6-8/h3-7,12,18,21H,1-2H3/b4-3+,11-7-. The van der Waals surface area contributed by atoms with E-state index in [1.165, 1.54) is 31.2 Å². The molecule has 6 nitrogen and oxygen atoms in total. The first kappa shape index (κ1) is 16.5. The number of hydrogen-bond acceptors (Lipinski definition) is 5. The molecule has 1 heterocycles. The third kappa shape index (κ3) is 3.47. The second-order valence-electron chi connectivity index (χ2n) is 4.78. The van der Waals surface area contributed by atoms with Gasteiger partial charge in [-0.15, -0.1) is 0 Å². The Hall–Kier alpha value is -2.90. The predicted molar refractivity (Wildman–Crippen MR) is 76.8 cm³/mol. The zero-order valence-corrected chi connectivity index (χ0v) is 12.3. The van der Waals surface area contributed by atoms with Crippen LogP contribution in [0.5, 0.6) is 5.75 Å². The number of rotatable bonds is 3. The van der Waals surface area contributed by atoms with Crippen LogP contribution in [0.3, 0.4) is 0 Å². The molecule has 0 aliphatic carbocycles. The largest absolute Gasteiger partial charge is 0.503 e. The Morgan fingerprint density at radius 1 is 1.39 bits per heavy atom. The van der Waals surface area contributed by atoms with Gasteiger partial charge >= 0.3 is 5.97 Å². The minimum atomic E-state index is -1.13. The molecule has 0 bridgehead atoms. The maximum Gasteiger partial charge on any atom is 0.330 e. The maximum absolute atomic E-state index is 13.3. The fraction of sp³-hybridized carbons (Fsp3) is 0.200. The lowest BCUT2D eigenvalue weighted by Gasteiger charge is -2.14. The van der Waals surface area contributed by atoms with Gasteiger partial charge in [0.05, 0.1) is 7.11 Å². The van der Waals surface area contributed by atoms with Gasteiger partial charge in [0.15, 0.2) is 17.4 Å². The number of benzene rings is 1. The summed E-state index contributed by atoms with van der Waals surface area (Å²) in [5, 5.41) is 11.9. The van der Waals surface area contributed by atoms with Crippen molar-refractivity contribution in [2.45, 2.75) is 6.17 Å². The highest BCUT2D eigenvalue weighted by molar-refractivity contribution is 5.99. The normalized spacial score (nSPS) is 19.5. The quantitative estimate of drug-likeness (QED) is 0.644. The summed E-state index contributed by atoms with van der Waals surface area (Å²) in [6.07, 6.45) is 3.23. The molecule has 1 aromatic rings. The predicted octanol–water partition coefficient (Wildman–Crippen LogP) is 1.13. The van der Waals surface area contributed by atoms with Crippen LogP contribution in [0.2, 0.25) is 0 Å². The first-order chi connectivity index (χ1) is 10.8. The molecule has 2 N–H and O–H groups in total. The summed E-state index contributed by atoms with van der Waals surface area (Å²) in [6.45, 7) is 0. The highest BCUT2D eigenvalue weighted by Gasteiger charge is 2.30. The van der Waals surface area contributed by atoms with Gasteiger partial charge in [0.2, 0.25) is 0 Å². The van der Waals surface area contributed by atoms with Gasteiger partial charge in [-0.05, 0) is 29.8 Å². The maximum atomic E-state index is 13.3. The average Bonchev–Trinajstić information content (AvgIpc) is 2.78. The third-order valence-electron chi connectivity index (χ3n) is 3.24. The molecule has 1 aliphatic rings. The molecule has 1 unspecified atom stereocenters. The lowest BCUT2D eigenvalue weighted by molar-refractivity contribution is -0.135. The number of amides is 1. The van der Waals surface area contributed by atoms with E-state index < -0.39 is 35.4 Å². The number of esters is 1. The second-order valence-corrected chi connectivity index (χ2v) is 4.78. The zero-order chi connectivity index (χ0) is 17.1. The number of ether oxygens (including phenoxy) is 1. The third-order valence-corrected chi connectivity index (χ3v) is 3.24. The summed E-state index contributed by atoms with van der Waals surface area (Å²) < 4.78 is 31.1. The van der Waals surface area contributed by atoms with Crippen LogP contribution in [-0.2, 0) is 14.3 Å². The molecule has 0 aromatic heterocycles. The number of nitrogens with zero attached hydrogens (tertiary/aromatic N) is 1. The number of phenolic OH excluding ortho intramolecular Hbond substituents is 1.